The van der Waals surface area contributed by atoms with Crippen LogP contribution in [0.1, 0.15) is 17.2 Å². The topological polar surface area (TPSA) is 58.5 Å². The number of nitrogens with zero attached hydrogens (tertiary/aromatic N) is 3. The van der Waals surface area contributed by atoms with Crippen molar-refractivity contribution in [2.45, 2.75) is 12.1 Å². The minimum absolute atomic E-state index is 0.0761. The van der Waals surface area contributed by atoms with E-state index >= 15 is 0 Å². The first kappa shape index (κ1) is 22.2. The van der Waals surface area contributed by atoms with Crippen LogP contribution in [0.15, 0.2) is 132 Å². The number of nitro benzene ring substituents is 1. The Morgan fingerprint density at radius 1 is 0.605 bits per heavy atom. The lowest BCUT2D eigenvalue weighted by Gasteiger charge is -2.18. The molecule has 182 valence electrons. The second kappa shape index (κ2) is 8.82. The fourth-order valence-electron chi connectivity index (χ4n) is 5.49. The zero-order chi connectivity index (χ0) is 25.6. The highest BCUT2D eigenvalue weighted by molar-refractivity contribution is 6.14. The fraction of sp³-hybridized carbons (Fsp3) is 0.0606. The standard InChI is InChI=1S/C33H23N3O2/c37-36(38)28-18-15-26(16-19-28)32-33-31(25-13-11-24(12-14-25)22-7-3-1-4-8-22)34-29-21-27(17-20-30(29)35(32)33)23-9-5-2-6-10-23/h1-21,32-33H. The van der Waals surface area contributed by atoms with Crippen LogP contribution in [-0.2, 0) is 0 Å². The number of rotatable bonds is 5. The molecule has 5 aromatic rings. The maximum absolute atomic E-state index is 11.2. The number of hydrogen-bond acceptors (Lipinski definition) is 4. The predicted octanol–water partition coefficient (Wildman–Crippen LogP) is 7.99. The zero-order valence-corrected chi connectivity index (χ0v) is 20.4. The van der Waals surface area contributed by atoms with Gasteiger partial charge < -0.3 is 4.90 Å². The quantitative estimate of drug-likeness (QED) is 0.142. The Morgan fingerprint density at radius 3 is 1.79 bits per heavy atom. The molecule has 5 aromatic carbocycles. The van der Waals surface area contributed by atoms with Gasteiger partial charge >= 0.3 is 0 Å². The minimum atomic E-state index is -0.356. The Balaban J connectivity index is 1.31. The summed E-state index contributed by atoms with van der Waals surface area (Å²) in [5.41, 5.74) is 9.90. The van der Waals surface area contributed by atoms with Crippen LogP contribution in [0, 0.1) is 10.1 Å². The molecule has 2 aliphatic rings. The highest BCUT2D eigenvalue weighted by Crippen LogP contribution is 2.55. The van der Waals surface area contributed by atoms with Crippen molar-refractivity contribution in [1.82, 2.24) is 0 Å². The van der Waals surface area contributed by atoms with E-state index in [-0.39, 0.29) is 22.7 Å². The van der Waals surface area contributed by atoms with Gasteiger partial charge in [0.25, 0.3) is 5.69 Å². The molecule has 7 rings (SSSR count). The van der Waals surface area contributed by atoms with Crippen LogP contribution < -0.4 is 4.90 Å². The van der Waals surface area contributed by atoms with E-state index in [1.54, 1.807) is 12.1 Å². The summed E-state index contributed by atoms with van der Waals surface area (Å²) in [6, 6.07) is 42.8. The smallest absolute Gasteiger partial charge is 0.269 e. The van der Waals surface area contributed by atoms with E-state index in [9.17, 15) is 10.1 Å². The van der Waals surface area contributed by atoms with Crippen LogP contribution in [0.4, 0.5) is 17.1 Å². The van der Waals surface area contributed by atoms with Crippen LogP contribution in [0.2, 0.25) is 0 Å². The van der Waals surface area contributed by atoms with Crippen molar-refractivity contribution in [1.29, 1.82) is 0 Å². The Bertz CT molecular complexity index is 1680. The Kier molecular flexibility index (Phi) is 5.15. The molecule has 5 heteroatoms. The summed E-state index contributed by atoms with van der Waals surface area (Å²) < 4.78 is 0. The molecule has 5 nitrogen and oxygen atoms in total. The summed E-state index contributed by atoms with van der Waals surface area (Å²) in [7, 11) is 0. The lowest BCUT2D eigenvalue weighted by atomic mass is 9.98. The van der Waals surface area contributed by atoms with Gasteiger partial charge in [-0.15, -0.1) is 0 Å². The second-order valence-electron chi connectivity index (χ2n) is 9.66. The van der Waals surface area contributed by atoms with E-state index in [1.807, 2.05) is 48.5 Å². The average Bonchev–Trinajstić information content (AvgIpc) is 3.73. The minimum Gasteiger partial charge on any atom is -0.349 e. The van der Waals surface area contributed by atoms with Gasteiger partial charge in [0, 0.05) is 12.1 Å². The molecule has 0 N–H and O–H groups in total. The second-order valence-corrected chi connectivity index (χ2v) is 9.66. The largest absolute Gasteiger partial charge is 0.349 e. The first-order valence-electron chi connectivity index (χ1n) is 12.6. The van der Waals surface area contributed by atoms with Gasteiger partial charge in [-0.3, -0.25) is 10.1 Å². The van der Waals surface area contributed by atoms with Crippen molar-refractivity contribution < 1.29 is 4.92 Å². The summed E-state index contributed by atoms with van der Waals surface area (Å²) in [5, 5.41) is 11.2. The van der Waals surface area contributed by atoms with Gasteiger partial charge in [0.2, 0.25) is 0 Å². The van der Waals surface area contributed by atoms with Gasteiger partial charge in [-0.1, -0.05) is 103 Å². The number of aliphatic imine (C=N–C) groups is 1. The summed E-state index contributed by atoms with van der Waals surface area (Å²) in [6.07, 6.45) is 0. The molecule has 0 aliphatic carbocycles. The molecule has 0 aromatic heterocycles. The van der Waals surface area contributed by atoms with Gasteiger partial charge in [0.15, 0.2) is 0 Å². The number of hydrogen-bond donors (Lipinski definition) is 0. The first-order chi connectivity index (χ1) is 18.7. The van der Waals surface area contributed by atoms with E-state index in [0.29, 0.717) is 0 Å². The van der Waals surface area contributed by atoms with Gasteiger partial charge in [-0.2, -0.15) is 0 Å². The Morgan fingerprint density at radius 2 is 1.16 bits per heavy atom. The van der Waals surface area contributed by atoms with Crippen molar-refractivity contribution in [3.05, 3.63) is 149 Å². The van der Waals surface area contributed by atoms with Crippen molar-refractivity contribution >= 4 is 22.8 Å². The molecule has 2 aliphatic heterocycles. The van der Waals surface area contributed by atoms with E-state index in [1.165, 1.54) is 5.56 Å². The molecule has 2 unspecified atom stereocenters. The van der Waals surface area contributed by atoms with Crippen LogP contribution in [0.25, 0.3) is 22.3 Å². The summed E-state index contributed by atoms with van der Waals surface area (Å²) in [5.74, 6) is 0. The van der Waals surface area contributed by atoms with E-state index < -0.39 is 0 Å². The number of benzene rings is 5. The number of anilines is 1. The predicted molar refractivity (Wildman–Crippen MR) is 152 cm³/mol. The highest BCUT2D eigenvalue weighted by atomic mass is 16.6. The Hall–Kier alpha value is -5.03. The monoisotopic (exact) mass is 493 g/mol. The van der Waals surface area contributed by atoms with E-state index in [4.69, 9.17) is 4.99 Å². The molecule has 0 spiro atoms. The third-order valence-corrected chi connectivity index (χ3v) is 7.42. The maximum Gasteiger partial charge on any atom is 0.269 e. The van der Waals surface area contributed by atoms with Crippen LogP contribution in [-0.4, -0.2) is 16.7 Å². The maximum atomic E-state index is 11.2. The van der Waals surface area contributed by atoms with Crippen LogP contribution in [0.5, 0.6) is 0 Å². The van der Waals surface area contributed by atoms with E-state index in [0.717, 1.165) is 44.9 Å². The molecule has 38 heavy (non-hydrogen) atoms. The van der Waals surface area contributed by atoms with Crippen LogP contribution in [0.3, 0.4) is 0 Å². The SMILES string of the molecule is O=[N+]([O-])c1ccc(C2C3C(c4ccc(-c5ccccc5)cc4)=Nc4cc(-c5ccccc5)ccc4N32)cc1. The molecule has 1 fully saturated rings. The van der Waals surface area contributed by atoms with Crippen LogP contribution >= 0.6 is 0 Å². The van der Waals surface area contributed by atoms with Gasteiger partial charge in [-0.05, 0) is 45.5 Å². The van der Waals surface area contributed by atoms with Gasteiger partial charge in [0.05, 0.1) is 34.1 Å². The summed E-state index contributed by atoms with van der Waals surface area (Å²) in [6.45, 7) is 0. The number of non-ortho nitro benzene ring substituents is 1. The van der Waals surface area contributed by atoms with E-state index in [2.05, 4.69) is 71.6 Å². The first-order valence-corrected chi connectivity index (χ1v) is 12.6. The highest BCUT2D eigenvalue weighted by Gasteiger charge is 2.54. The fourth-order valence-corrected chi connectivity index (χ4v) is 5.49. The number of fused-ring (bicyclic) bond motifs is 3. The molecule has 2 heterocycles. The van der Waals surface area contributed by atoms with Crippen molar-refractivity contribution in [3.8, 4) is 22.3 Å². The summed E-state index contributed by atoms with van der Waals surface area (Å²) >= 11 is 0. The molecule has 0 saturated carbocycles. The normalized spacial score (nSPS) is 17.3. The molecular formula is C33H23N3O2. The van der Waals surface area contributed by atoms with Crippen molar-refractivity contribution in [3.63, 3.8) is 0 Å². The molecule has 2 atom stereocenters. The van der Waals surface area contributed by atoms with Crippen molar-refractivity contribution in [2.24, 2.45) is 4.99 Å². The van der Waals surface area contributed by atoms with Gasteiger partial charge in [-0.25, -0.2) is 4.99 Å². The molecule has 0 amide bonds. The molecule has 1 saturated heterocycles. The molecule has 0 bridgehead atoms. The average molecular weight is 494 g/mol. The third-order valence-electron chi connectivity index (χ3n) is 7.42. The lowest BCUT2D eigenvalue weighted by molar-refractivity contribution is -0.384. The third kappa shape index (κ3) is 3.76. The van der Waals surface area contributed by atoms with Gasteiger partial charge in [0.1, 0.15) is 0 Å². The summed E-state index contributed by atoms with van der Waals surface area (Å²) in [4.78, 5) is 18.4. The Labute approximate surface area is 220 Å². The zero-order valence-electron chi connectivity index (χ0n) is 20.4. The lowest BCUT2D eigenvalue weighted by Crippen LogP contribution is -2.17. The molecule has 0 radical (unpaired) electrons. The molecular weight excluding hydrogens is 470 g/mol. The van der Waals surface area contributed by atoms with Crippen molar-refractivity contribution in [2.75, 3.05) is 4.90 Å². The number of nitro groups is 1.